The van der Waals surface area contributed by atoms with Crippen LogP contribution in [0.3, 0.4) is 0 Å². The number of hydrogen-bond acceptors (Lipinski definition) is 3. The van der Waals surface area contributed by atoms with E-state index in [0.717, 1.165) is 0 Å². The van der Waals surface area contributed by atoms with Gasteiger partial charge in [-0.05, 0) is 12.3 Å². The van der Waals surface area contributed by atoms with Crippen LogP contribution in [0.25, 0.3) is 0 Å². The smallest absolute Gasteiger partial charge is 0.332 e. The van der Waals surface area contributed by atoms with Crippen LogP contribution in [0.5, 0.6) is 0 Å². The van der Waals surface area contributed by atoms with Crippen LogP contribution in [0.1, 0.15) is 13.3 Å². The second-order valence-electron chi connectivity index (χ2n) is 2.65. The van der Waals surface area contributed by atoms with Gasteiger partial charge in [-0.1, -0.05) is 6.92 Å². The van der Waals surface area contributed by atoms with Crippen molar-refractivity contribution in [2.75, 3.05) is 13.7 Å². The van der Waals surface area contributed by atoms with Crippen LogP contribution in [0.2, 0.25) is 0 Å². The van der Waals surface area contributed by atoms with E-state index in [2.05, 4.69) is 0 Å². The van der Waals surface area contributed by atoms with Crippen molar-refractivity contribution in [3.63, 3.8) is 0 Å². The molecular formula is C7H14O4. The second kappa shape index (κ2) is 5.09. The van der Waals surface area contributed by atoms with E-state index in [1.54, 1.807) is 7.11 Å². The Hall–Kier alpha value is -0.610. The van der Waals surface area contributed by atoms with Crippen LogP contribution >= 0.6 is 0 Å². The van der Waals surface area contributed by atoms with Gasteiger partial charge in [0, 0.05) is 13.7 Å². The maximum Gasteiger partial charge on any atom is 0.332 e. The Kier molecular flexibility index (Phi) is 4.81. The molecule has 2 atom stereocenters. The molecule has 0 fully saturated rings. The maximum atomic E-state index is 10.1. The first kappa shape index (κ1) is 10.4. The molecule has 0 aliphatic heterocycles. The van der Waals surface area contributed by atoms with E-state index >= 15 is 0 Å². The van der Waals surface area contributed by atoms with Gasteiger partial charge in [0.25, 0.3) is 0 Å². The Morgan fingerprint density at radius 1 is 1.64 bits per heavy atom. The van der Waals surface area contributed by atoms with Crippen LogP contribution in [0.15, 0.2) is 0 Å². The SMILES string of the molecule is COCC(C)CC(O)C(=O)O. The molecule has 0 aromatic carbocycles. The largest absolute Gasteiger partial charge is 0.479 e. The summed E-state index contributed by atoms with van der Waals surface area (Å²) in [7, 11) is 1.55. The molecule has 0 saturated heterocycles. The number of aliphatic hydroxyl groups excluding tert-OH is 1. The number of hydrogen-bond donors (Lipinski definition) is 2. The predicted octanol–water partition coefficient (Wildman–Crippen LogP) is 0.104. The topological polar surface area (TPSA) is 66.8 Å². The van der Waals surface area contributed by atoms with Crippen molar-refractivity contribution in [1.29, 1.82) is 0 Å². The maximum absolute atomic E-state index is 10.1. The minimum absolute atomic E-state index is 0.0751. The third-order valence-electron chi connectivity index (χ3n) is 1.36. The number of carbonyl (C=O) groups is 1. The van der Waals surface area contributed by atoms with Crippen molar-refractivity contribution in [1.82, 2.24) is 0 Å². The van der Waals surface area contributed by atoms with Crippen LogP contribution in [0, 0.1) is 5.92 Å². The van der Waals surface area contributed by atoms with E-state index in [0.29, 0.717) is 6.61 Å². The lowest BCUT2D eigenvalue weighted by Crippen LogP contribution is -2.23. The van der Waals surface area contributed by atoms with Gasteiger partial charge in [0.05, 0.1) is 0 Å². The number of carboxylic acid groups (broad SMARTS) is 1. The van der Waals surface area contributed by atoms with E-state index in [-0.39, 0.29) is 12.3 Å². The molecule has 0 radical (unpaired) electrons. The summed E-state index contributed by atoms with van der Waals surface area (Å²) < 4.78 is 4.78. The van der Waals surface area contributed by atoms with Crippen molar-refractivity contribution in [3.05, 3.63) is 0 Å². The lowest BCUT2D eigenvalue weighted by Gasteiger charge is -2.11. The van der Waals surface area contributed by atoms with Gasteiger partial charge in [-0.25, -0.2) is 4.79 Å². The molecule has 0 aliphatic carbocycles. The Morgan fingerprint density at radius 3 is 2.55 bits per heavy atom. The van der Waals surface area contributed by atoms with Crippen molar-refractivity contribution in [3.8, 4) is 0 Å². The monoisotopic (exact) mass is 162 g/mol. The average molecular weight is 162 g/mol. The van der Waals surface area contributed by atoms with Crippen molar-refractivity contribution < 1.29 is 19.7 Å². The minimum atomic E-state index is -1.26. The standard InChI is InChI=1S/C7H14O4/c1-5(4-11-2)3-6(8)7(9)10/h5-6,8H,3-4H2,1-2H3,(H,9,10). The minimum Gasteiger partial charge on any atom is -0.479 e. The summed E-state index contributed by atoms with van der Waals surface area (Å²) in [6.07, 6.45) is -1.02. The molecule has 0 heterocycles. The number of aliphatic hydroxyl groups is 1. The molecule has 2 unspecified atom stereocenters. The fraction of sp³-hybridized carbons (Fsp3) is 0.857. The normalized spacial score (nSPS) is 15.9. The van der Waals surface area contributed by atoms with Gasteiger partial charge in [0.2, 0.25) is 0 Å². The molecule has 0 aromatic heterocycles. The zero-order valence-corrected chi connectivity index (χ0v) is 6.78. The molecule has 2 N–H and O–H groups in total. The molecule has 0 bridgehead atoms. The van der Waals surface area contributed by atoms with Gasteiger partial charge < -0.3 is 14.9 Å². The van der Waals surface area contributed by atoms with E-state index in [1.807, 2.05) is 6.92 Å². The summed E-state index contributed by atoms with van der Waals surface area (Å²) in [5.74, 6) is -1.10. The van der Waals surface area contributed by atoms with Crippen LogP contribution < -0.4 is 0 Å². The summed E-state index contributed by atoms with van der Waals surface area (Å²) in [5.41, 5.74) is 0. The predicted molar refractivity (Wildman–Crippen MR) is 39.3 cm³/mol. The molecule has 0 aliphatic rings. The Balaban J connectivity index is 3.56. The molecule has 0 saturated carbocycles. The Bertz CT molecular complexity index is 124. The highest BCUT2D eigenvalue weighted by Gasteiger charge is 2.16. The van der Waals surface area contributed by atoms with Crippen molar-refractivity contribution in [2.24, 2.45) is 5.92 Å². The third kappa shape index (κ3) is 4.75. The fourth-order valence-electron chi connectivity index (χ4n) is 0.835. The van der Waals surface area contributed by atoms with E-state index in [4.69, 9.17) is 14.9 Å². The lowest BCUT2D eigenvalue weighted by molar-refractivity contribution is -0.147. The first-order chi connectivity index (χ1) is 5.07. The van der Waals surface area contributed by atoms with Crippen molar-refractivity contribution >= 4 is 5.97 Å². The highest BCUT2D eigenvalue weighted by molar-refractivity contribution is 5.71. The highest BCUT2D eigenvalue weighted by atomic mass is 16.5. The van der Waals surface area contributed by atoms with Gasteiger partial charge in [-0.15, -0.1) is 0 Å². The number of ether oxygens (including phenoxy) is 1. The molecule has 4 nitrogen and oxygen atoms in total. The molecule has 0 rings (SSSR count). The summed E-state index contributed by atoms with van der Waals surface area (Å²) in [6.45, 7) is 2.31. The van der Waals surface area contributed by atoms with Gasteiger partial charge in [0.15, 0.2) is 6.10 Å². The number of aliphatic carboxylic acids is 1. The zero-order chi connectivity index (χ0) is 8.85. The van der Waals surface area contributed by atoms with Gasteiger partial charge in [-0.2, -0.15) is 0 Å². The quantitative estimate of drug-likeness (QED) is 0.602. The molecule has 66 valence electrons. The highest BCUT2D eigenvalue weighted by Crippen LogP contribution is 2.05. The van der Waals surface area contributed by atoms with E-state index in [9.17, 15) is 4.79 Å². The molecule has 0 aromatic rings. The van der Waals surface area contributed by atoms with Crippen LogP contribution in [-0.2, 0) is 9.53 Å². The van der Waals surface area contributed by atoms with E-state index in [1.165, 1.54) is 0 Å². The molecule has 0 amide bonds. The third-order valence-corrected chi connectivity index (χ3v) is 1.36. The van der Waals surface area contributed by atoms with Gasteiger partial charge in [0.1, 0.15) is 0 Å². The Labute approximate surface area is 65.8 Å². The van der Waals surface area contributed by atoms with Crippen LogP contribution in [-0.4, -0.2) is 36.0 Å². The molecule has 11 heavy (non-hydrogen) atoms. The lowest BCUT2D eigenvalue weighted by atomic mass is 10.1. The summed E-state index contributed by atoms with van der Waals surface area (Å²) in [5, 5.41) is 17.2. The fourth-order valence-corrected chi connectivity index (χ4v) is 0.835. The number of carboxylic acids is 1. The Morgan fingerprint density at radius 2 is 2.18 bits per heavy atom. The summed E-state index contributed by atoms with van der Waals surface area (Å²) >= 11 is 0. The van der Waals surface area contributed by atoms with Crippen molar-refractivity contribution in [2.45, 2.75) is 19.4 Å². The second-order valence-corrected chi connectivity index (χ2v) is 2.65. The zero-order valence-electron chi connectivity index (χ0n) is 6.78. The summed E-state index contributed by atoms with van der Waals surface area (Å²) in [6, 6.07) is 0. The van der Waals surface area contributed by atoms with Crippen LogP contribution in [0.4, 0.5) is 0 Å². The van der Waals surface area contributed by atoms with Gasteiger partial charge in [-0.3, -0.25) is 0 Å². The van der Waals surface area contributed by atoms with Gasteiger partial charge >= 0.3 is 5.97 Å². The first-order valence-corrected chi connectivity index (χ1v) is 3.47. The molecular weight excluding hydrogens is 148 g/mol. The summed E-state index contributed by atoms with van der Waals surface area (Å²) in [4.78, 5) is 10.1. The number of rotatable bonds is 5. The number of methoxy groups -OCH3 is 1. The first-order valence-electron chi connectivity index (χ1n) is 3.47. The average Bonchev–Trinajstić information content (AvgIpc) is 1.87. The van der Waals surface area contributed by atoms with E-state index < -0.39 is 12.1 Å². The molecule has 4 heteroatoms. The molecule has 0 spiro atoms.